The summed E-state index contributed by atoms with van der Waals surface area (Å²) in [5.74, 6) is 2.04. The van der Waals surface area contributed by atoms with Crippen molar-refractivity contribution in [3.8, 4) is 5.75 Å². The average Bonchev–Trinajstić information content (AvgIpc) is 2.89. The summed E-state index contributed by atoms with van der Waals surface area (Å²) in [6, 6.07) is 18.6. The number of nitrogens with one attached hydrogen (secondary N) is 2. The molecule has 196 valence electrons. The minimum atomic E-state index is -0.227. The van der Waals surface area contributed by atoms with Gasteiger partial charge in [0.15, 0.2) is 0 Å². The van der Waals surface area contributed by atoms with Gasteiger partial charge in [0.25, 0.3) is 0 Å². The Hall–Kier alpha value is -3.69. The number of rotatable bonds is 12. The van der Waals surface area contributed by atoms with Crippen molar-refractivity contribution in [3.05, 3.63) is 66.5 Å². The molecule has 0 radical (unpaired) electrons. The third kappa shape index (κ3) is 8.16. The molecule has 37 heavy (non-hydrogen) atoms. The van der Waals surface area contributed by atoms with Crippen molar-refractivity contribution in [2.45, 2.75) is 38.8 Å². The van der Waals surface area contributed by atoms with Crippen LogP contribution in [0.1, 0.15) is 31.7 Å². The van der Waals surface area contributed by atoms with E-state index >= 15 is 0 Å². The topological polar surface area (TPSA) is 109 Å². The zero-order valence-corrected chi connectivity index (χ0v) is 21.7. The summed E-state index contributed by atoms with van der Waals surface area (Å²) < 4.78 is 5.50. The average molecular weight is 504 g/mol. The van der Waals surface area contributed by atoms with Gasteiger partial charge in [-0.3, -0.25) is 9.69 Å². The number of piperidine rings is 1. The molecule has 4 rings (SSSR count). The van der Waals surface area contributed by atoms with Crippen LogP contribution in [0.4, 0.5) is 23.0 Å². The summed E-state index contributed by atoms with van der Waals surface area (Å²) in [6.45, 7) is 6.26. The fraction of sp³-hybridized carbons (Fsp3) is 0.393. The summed E-state index contributed by atoms with van der Waals surface area (Å²) in [7, 11) is 2.19. The van der Waals surface area contributed by atoms with Crippen LogP contribution in [-0.4, -0.2) is 65.0 Å². The molecule has 1 amide bonds. The van der Waals surface area contributed by atoms with Crippen LogP contribution < -0.4 is 21.1 Å². The number of likely N-dealkylation sites (tertiary alicyclic amines) is 1. The molecule has 2 heterocycles. The Labute approximate surface area is 219 Å². The number of amides is 1. The molecule has 1 saturated heterocycles. The first-order valence-corrected chi connectivity index (χ1v) is 12.9. The molecule has 1 fully saturated rings. The Morgan fingerprint density at radius 2 is 1.76 bits per heavy atom. The maximum atomic E-state index is 11.0. The van der Waals surface area contributed by atoms with Gasteiger partial charge in [0, 0.05) is 43.0 Å². The highest BCUT2D eigenvalue weighted by atomic mass is 16.5. The smallest absolute Gasteiger partial charge is 0.218 e. The van der Waals surface area contributed by atoms with Gasteiger partial charge in [-0.1, -0.05) is 12.1 Å². The standard InChI is InChI=1S/C28H37N7O2/c1-3-37-25-9-7-22(8-10-25)32-27-18-28(31-20-30-27)33-23-6-4-5-21(17-23)19-34(2)24-11-14-35(15-12-24)16-13-26(29)36/h4-10,17-18,20,24H,3,11-16,19H2,1-2H3,(H2,29,36)(H2,30,31,32,33). The Kier molecular flexibility index (Phi) is 9.29. The lowest BCUT2D eigenvalue weighted by Crippen LogP contribution is -2.43. The monoisotopic (exact) mass is 503 g/mol. The van der Waals surface area contributed by atoms with Gasteiger partial charge in [-0.15, -0.1) is 0 Å². The predicted molar refractivity (Wildman–Crippen MR) is 147 cm³/mol. The van der Waals surface area contributed by atoms with Gasteiger partial charge in [-0.2, -0.15) is 0 Å². The van der Waals surface area contributed by atoms with E-state index in [-0.39, 0.29) is 5.91 Å². The summed E-state index contributed by atoms with van der Waals surface area (Å²) in [4.78, 5) is 24.5. The van der Waals surface area contributed by atoms with E-state index < -0.39 is 0 Å². The molecular formula is C28H37N7O2. The van der Waals surface area contributed by atoms with E-state index in [9.17, 15) is 4.79 Å². The number of anilines is 4. The maximum absolute atomic E-state index is 11.0. The van der Waals surface area contributed by atoms with Gasteiger partial charge >= 0.3 is 0 Å². The molecule has 1 aromatic heterocycles. The first-order chi connectivity index (χ1) is 18.0. The van der Waals surface area contributed by atoms with Crippen LogP contribution in [0.2, 0.25) is 0 Å². The van der Waals surface area contributed by atoms with Crippen LogP contribution in [0.25, 0.3) is 0 Å². The Morgan fingerprint density at radius 3 is 2.43 bits per heavy atom. The van der Waals surface area contributed by atoms with Crippen LogP contribution in [0.5, 0.6) is 5.75 Å². The Bertz CT molecular complexity index is 1150. The molecule has 3 aromatic rings. The minimum Gasteiger partial charge on any atom is -0.494 e. The molecule has 1 aliphatic heterocycles. The van der Waals surface area contributed by atoms with Crippen molar-refractivity contribution in [1.82, 2.24) is 19.8 Å². The van der Waals surface area contributed by atoms with E-state index in [0.29, 0.717) is 24.9 Å². The number of nitrogens with zero attached hydrogens (tertiary/aromatic N) is 4. The van der Waals surface area contributed by atoms with Gasteiger partial charge in [0.05, 0.1) is 6.61 Å². The molecule has 9 heteroatoms. The van der Waals surface area contributed by atoms with E-state index in [4.69, 9.17) is 10.5 Å². The van der Waals surface area contributed by atoms with Crippen molar-refractivity contribution >= 4 is 28.9 Å². The van der Waals surface area contributed by atoms with Gasteiger partial charge in [0.1, 0.15) is 23.7 Å². The second-order valence-electron chi connectivity index (χ2n) is 9.40. The molecule has 0 spiro atoms. The molecular weight excluding hydrogens is 466 g/mol. The third-order valence-electron chi connectivity index (χ3n) is 6.59. The molecule has 9 nitrogen and oxygen atoms in total. The van der Waals surface area contributed by atoms with E-state index in [2.05, 4.69) is 55.6 Å². The van der Waals surface area contributed by atoms with Crippen LogP contribution in [0.3, 0.4) is 0 Å². The van der Waals surface area contributed by atoms with Crippen LogP contribution in [-0.2, 0) is 11.3 Å². The van der Waals surface area contributed by atoms with E-state index in [1.165, 1.54) is 5.56 Å². The first kappa shape index (κ1) is 26.4. The fourth-order valence-corrected chi connectivity index (χ4v) is 4.61. The Morgan fingerprint density at radius 1 is 1.05 bits per heavy atom. The lowest BCUT2D eigenvalue weighted by atomic mass is 10.0. The third-order valence-corrected chi connectivity index (χ3v) is 6.59. The molecule has 0 saturated carbocycles. The SMILES string of the molecule is CCOc1ccc(Nc2cc(Nc3cccc(CN(C)C4CCN(CCC(N)=O)CC4)c3)ncn2)cc1. The molecule has 0 aliphatic carbocycles. The van der Waals surface area contributed by atoms with Gasteiger partial charge in [0.2, 0.25) is 5.91 Å². The lowest BCUT2D eigenvalue weighted by Gasteiger charge is -2.36. The number of aromatic nitrogens is 2. The van der Waals surface area contributed by atoms with Crippen molar-refractivity contribution < 1.29 is 9.53 Å². The lowest BCUT2D eigenvalue weighted by molar-refractivity contribution is -0.118. The van der Waals surface area contributed by atoms with Crippen LogP contribution >= 0.6 is 0 Å². The van der Waals surface area contributed by atoms with Gasteiger partial charge < -0.3 is 26.0 Å². The number of benzene rings is 2. The number of primary amides is 1. The zero-order chi connectivity index (χ0) is 26.0. The van der Waals surface area contributed by atoms with E-state index in [0.717, 1.165) is 62.0 Å². The summed E-state index contributed by atoms with van der Waals surface area (Å²) in [5, 5.41) is 6.71. The van der Waals surface area contributed by atoms with Crippen molar-refractivity contribution in [2.75, 3.05) is 43.9 Å². The quantitative estimate of drug-likeness (QED) is 0.339. The highest BCUT2D eigenvalue weighted by Gasteiger charge is 2.22. The van der Waals surface area contributed by atoms with Crippen molar-refractivity contribution in [2.24, 2.45) is 5.73 Å². The number of carbonyl (C=O) groups is 1. The fourth-order valence-electron chi connectivity index (χ4n) is 4.61. The molecule has 0 atom stereocenters. The largest absolute Gasteiger partial charge is 0.494 e. The normalized spacial score (nSPS) is 14.5. The number of hydrogen-bond donors (Lipinski definition) is 3. The number of carbonyl (C=O) groups excluding carboxylic acids is 1. The Balaban J connectivity index is 1.30. The van der Waals surface area contributed by atoms with Crippen molar-refractivity contribution in [3.63, 3.8) is 0 Å². The zero-order valence-electron chi connectivity index (χ0n) is 21.7. The number of ether oxygens (including phenoxy) is 1. The molecule has 4 N–H and O–H groups in total. The van der Waals surface area contributed by atoms with Gasteiger partial charge in [-0.25, -0.2) is 9.97 Å². The van der Waals surface area contributed by atoms with Gasteiger partial charge in [-0.05, 0) is 81.9 Å². The highest BCUT2D eigenvalue weighted by Crippen LogP contribution is 2.23. The van der Waals surface area contributed by atoms with E-state index in [1.54, 1.807) is 6.33 Å². The first-order valence-electron chi connectivity index (χ1n) is 12.9. The molecule has 0 unspecified atom stereocenters. The predicted octanol–water partition coefficient (Wildman–Crippen LogP) is 4.13. The maximum Gasteiger partial charge on any atom is 0.218 e. The second-order valence-corrected chi connectivity index (χ2v) is 9.40. The summed E-state index contributed by atoms with van der Waals surface area (Å²) in [6.07, 6.45) is 4.18. The summed E-state index contributed by atoms with van der Waals surface area (Å²) in [5.41, 5.74) is 8.44. The minimum absolute atomic E-state index is 0.227. The number of hydrogen-bond acceptors (Lipinski definition) is 8. The van der Waals surface area contributed by atoms with Crippen LogP contribution in [0.15, 0.2) is 60.9 Å². The highest BCUT2D eigenvalue weighted by molar-refractivity contribution is 5.73. The molecule has 2 aromatic carbocycles. The summed E-state index contributed by atoms with van der Waals surface area (Å²) >= 11 is 0. The second kappa shape index (κ2) is 13.0. The van der Waals surface area contributed by atoms with Crippen molar-refractivity contribution in [1.29, 1.82) is 0 Å². The molecule has 0 bridgehead atoms. The molecule has 1 aliphatic rings. The van der Waals surface area contributed by atoms with E-state index in [1.807, 2.05) is 43.3 Å². The van der Waals surface area contributed by atoms with Crippen LogP contribution in [0, 0.1) is 0 Å². The number of nitrogens with two attached hydrogens (primary N) is 1.